The molecule has 0 spiro atoms. The van der Waals surface area contributed by atoms with Gasteiger partial charge in [0.05, 0.1) is 0 Å². The van der Waals surface area contributed by atoms with Crippen molar-refractivity contribution in [3.63, 3.8) is 0 Å². The van der Waals surface area contributed by atoms with E-state index in [9.17, 15) is 22.8 Å². The number of aryl methyl sites for hydroxylation is 1. The second kappa shape index (κ2) is 7.51. The van der Waals surface area contributed by atoms with Crippen LogP contribution in [0.15, 0.2) is 36.4 Å². The molecule has 5 nitrogen and oxygen atoms in total. The van der Waals surface area contributed by atoms with E-state index in [2.05, 4.69) is 10.1 Å². The first-order chi connectivity index (χ1) is 13.9. The third-order valence-corrected chi connectivity index (χ3v) is 4.91. The van der Waals surface area contributed by atoms with Gasteiger partial charge >= 0.3 is 12.3 Å². The van der Waals surface area contributed by atoms with E-state index in [1.165, 1.54) is 18.2 Å². The van der Waals surface area contributed by atoms with Crippen molar-refractivity contribution < 1.29 is 32.6 Å². The van der Waals surface area contributed by atoms with Crippen LogP contribution < -0.4 is 10.1 Å². The molecule has 8 heteroatoms. The number of alkyl halides is 3. The fourth-order valence-electron chi connectivity index (χ4n) is 3.60. The summed E-state index contributed by atoms with van der Waals surface area (Å²) in [5.74, 6) is -1.77. The zero-order valence-corrected chi connectivity index (χ0v) is 16.6. The van der Waals surface area contributed by atoms with Gasteiger partial charge in [-0.05, 0) is 53.5 Å². The van der Waals surface area contributed by atoms with Crippen molar-refractivity contribution in [1.82, 2.24) is 0 Å². The minimum Gasteiger partial charge on any atom is -0.478 e. The Kier molecular flexibility index (Phi) is 5.36. The molecule has 0 aromatic heterocycles. The molecule has 1 aliphatic heterocycles. The number of rotatable bonds is 4. The third-order valence-electron chi connectivity index (χ3n) is 4.91. The molecule has 3 rings (SSSR count). The number of fused-ring (bicyclic) bond motifs is 1. The minimum atomic E-state index is -4.90. The second-order valence-electron chi connectivity index (χ2n) is 7.80. The predicted molar refractivity (Wildman–Crippen MR) is 106 cm³/mol. The van der Waals surface area contributed by atoms with Crippen molar-refractivity contribution in [2.24, 2.45) is 0 Å². The van der Waals surface area contributed by atoms with E-state index in [1.54, 1.807) is 13.0 Å². The van der Waals surface area contributed by atoms with E-state index in [4.69, 9.17) is 5.11 Å². The van der Waals surface area contributed by atoms with Gasteiger partial charge in [-0.3, -0.25) is 4.79 Å². The van der Waals surface area contributed by atoms with Crippen LogP contribution in [0.25, 0.3) is 17.2 Å². The summed E-state index contributed by atoms with van der Waals surface area (Å²) in [7, 11) is 0. The molecule has 158 valence electrons. The summed E-state index contributed by atoms with van der Waals surface area (Å²) < 4.78 is 43.0. The Labute approximate surface area is 171 Å². The van der Waals surface area contributed by atoms with Crippen LogP contribution in [0.1, 0.15) is 37.0 Å². The largest absolute Gasteiger partial charge is 0.573 e. The number of hydrogen-bond acceptors (Lipinski definition) is 3. The van der Waals surface area contributed by atoms with E-state index >= 15 is 0 Å². The molecule has 0 saturated heterocycles. The Morgan fingerprint density at radius 3 is 2.53 bits per heavy atom. The topological polar surface area (TPSA) is 75.6 Å². The van der Waals surface area contributed by atoms with Gasteiger partial charge in [0.25, 0.3) is 0 Å². The molecular formula is C22H20F3NO4. The Morgan fingerprint density at radius 2 is 1.90 bits per heavy atom. The Balaban J connectivity index is 2.19. The summed E-state index contributed by atoms with van der Waals surface area (Å²) in [6.07, 6.45) is -2.42. The van der Waals surface area contributed by atoms with Crippen molar-refractivity contribution >= 4 is 23.6 Å². The quantitative estimate of drug-likeness (QED) is 0.662. The number of carbonyl (C=O) groups is 2. The van der Waals surface area contributed by atoms with Crippen LogP contribution in [-0.4, -0.2) is 23.3 Å². The smallest absolute Gasteiger partial charge is 0.478 e. The third kappa shape index (κ3) is 4.64. The lowest BCUT2D eigenvalue weighted by Crippen LogP contribution is -2.32. The van der Waals surface area contributed by atoms with Gasteiger partial charge in [0.15, 0.2) is 0 Å². The highest BCUT2D eigenvalue weighted by Crippen LogP contribution is 2.43. The summed E-state index contributed by atoms with van der Waals surface area (Å²) in [5.41, 5.74) is 2.67. The summed E-state index contributed by atoms with van der Waals surface area (Å²) in [4.78, 5) is 22.9. The Morgan fingerprint density at radius 1 is 1.20 bits per heavy atom. The molecule has 0 bridgehead atoms. The number of aliphatic carboxylic acids is 1. The van der Waals surface area contributed by atoms with E-state index in [0.717, 1.165) is 17.7 Å². The lowest BCUT2D eigenvalue weighted by atomic mass is 9.76. The van der Waals surface area contributed by atoms with Crippen LogP contribution in [0.4, 0.5) is 18.9 Å². The minimum absolute atomic E-state index is 0.137. The van der Waals surface area contributed by atoms with E-state index in [-0.39, 0.29) is 11.5 Å². The van der Waals surface area contributed by atoms with Crippen molar-refractivity contribution in [3.8, 4) is 16.9 Å². The van der Waals surface area contributed by atoms with Crippen LogP contribution in [0.5, 0.6) is 5.75 Å². The number of carboxylic acids is 1. The zero-order chi connectivity index (χ0) is 22.3. The molecule has 1 heterocycles. The molecule has 0 atom stereocenters. The molecule has 2 aromatic carbocycles. The molecule has 2 aromatic rings. The van der Waals surface area contributed by atoms with Gasteiger partial charge in [0.2, 0.25) is 5.91 Å². The number of anilines is 1. The molecule has 0 radical (unpaired) electrons. The lowest BCUT2D eigenvalue weighted by Gasteiger charge is -2.33. The second-order valence-corrected chi connectivity index (χ2v) is 7.80. The SMILES string of the molecule is Cc1cc2c(cc1-c1cc(C=CC(=O)O)ccc1OC(F)(F)F)NC(=O)CC2(C)C. The van der Waals surface area contributed by atoms with Gasteiger partial charge in [-0.2, -0.15) is 0 Å². The highest BCUT2D eigenvalue weighted by molar-refractivity contribution is 5.97. The maximum absolute atomic E-state index is 12.9. The average Bonchev–Trinajstić information content (AvgIpc) is 2.59. The van der Waals surface area contributed by atoms with Crippen LogP contribution >= 0.6 is 0 Å². The summed E-state index contributed by atoms with van der Waals surface area (Å²) in [5, 5.41) is 11.6. The maximum atomic E-state index is 12.9. The molecule has 0 saturated carbocycles. The predicted octanol–water partition coefficient (Wildman–Crippen LogP) is 5.28. The van der Waals surface area contributed by atoms with Gasteiger partial charge in [-0.1, -0.05) is 26.0 Å². The van der Waals surface area contributed by atoms with E-state index in [0.29, 0.717) is 28.8 Å². The number of nitrogens with one attached hydrogen (secondary N) is 1. The van der Waals surface area contributed by atoms with Gasteiger partial charge in [0.1, 0.15) is 5.75 Å². The van der Waals surface area contributed by atoms with Crippen LogP contribution in [-0.2, 0) is 15.0 Å². The molecule has 30 heavy (non-hydrogen) atoms. The standard InChI is InChI=1S/C22H20F3NO4/c1-12-8-16-17(26-19(27)11-21(16,2)3)10-14(12)15-9-13(5-7-20(28)29)4-6-18(15)30-22(23,24)25/h4-10H,11H2,1-3H3,(H,26,27)(H,28,29). The Hall–Kier alpha value is -3.29. The van der Waals surface area contributed by atoms with Crippen molar-refractivity contribution in [2.75, 3.05) is 5.32 Å². The fraction of sp³-hybridized carbons (Fsp3) is 0.273. The van der Waals surface area contributed by atoms with Gasteiger partial charge in [0, 0.05) is 29.2 Å². The summed E-state index contributed by atoms with van der Waals surface area (Å²) in [6, 6.07) is 7.38. The Bertz CT molecular complexity index is 1060. The molecule has 1 aliphatic rings. The molecule has 0 unspecified atom stereocenters. The van der Waals surface area contributed by atoms with Crippen LogP contribution in [0, 0.1) is 6.92 Å². The van der Waals surface area contributed by atoms with E-state index < -0.39 is 23.5 Å². The van der Waals surface area contributed by atoms with Crippen LogP contribution in [0.2, 0.25) is 0 Å². The number of halogens is 3. The van der Waals surface area contributed by atoms with Gasteiger partial charge in [-0.25, -0.2) is 4.79 Å². The first kappa shape index (κ1) is 21.4. The van der Waals surface area contributed by atoms with Crippen molar-refractivity contribution in [2.45, 2.75) is 39.0 Å². The molecular weight excluding hydrogens is 399 g/mol. The molecule has 2 N–H and O–H groups in total. The first-order valence-electron chi connectivity index (χ1n) is 9.12. The van der Waals surface area contributed by atoms with E-state index in [1.807, 2.05) is 19.9 Å². The highest BCUT2D eigenvalue weighted by Gasteiger charge is 2.34. The van der Waals surface area contributed by atoms with Crippen LogP contribution in [0.3, 0.4) is 0 Å². The molecule has 1 amide bonds. The monoisotopic (exact) mass is 419 g/mol. The van der Waals surface area contributed by atoms with Gasteiger partial charge < -0.3 is 15.2 Å². The lowest BCUT2D eigenvalue weighted by molar-refractivity contribution is -0.274. The number of amides is 1. The zero-order valence-electron chi connectivity index (χ0n) is 16.6. The maximum Gasteiger partial charge on any atom is 0.573 e. The number of hydrogen-bond donors (Lipinski definition) is 2. The number of carboxylic acid groups (broad SMARTS) is 1. The number of benzene rings is 2. The summed E-state index contributed by atoms with van der Waals surface area (Å²) >= 11 is 0. The van der Waals surface area contributed by atoms with Crippen molar-refractivity contribution in [3.05, 3.63) is 53.1 Å². The first-order valence-corrected chi connectivity index (χ1v) is 9.12. The fourth-order valence-corrected chi connectivity index (χ4v) is 3.60. The summed E-state index contributed by atoms with van der Waals surface area (Å²) in [6.45, 7) is 5.62. The molecule has 0 aliphatic carbocycles. The average molecular weight is 419 g/mol. The highest BCUT2D eigenvalue weighted by atomic mass is 19.4. The van der Waals surface area contributed by atoms with Crippen molar-refractivity contribution in [1.29, 1.82) is 0 Å². The number of ether oxygens (including phenoxy) is 1. The molecule has 0 fully saturated rings. The van der Waals surface area contributed by atoms with Gasteiger partial charge in [-0.15, -0.1) is 13.2 Å². The number of carbonyl (C=O) groups excluding carboxylic acids is 1. The normalized spacial score (nSPS) is 15.6.